The van der Waals surface area contributed by atoms with Crippen molar-refractivity contribution >= 4 is 23.8 Å². The molecule has 4 N–H and O–H groups in total. The van der Waals surface area contributed by atoms with E-state index in [1.807, 2.05) is 12.1 Å². The number of aromatic nitrogens is 2. The Labute approximate surface area is 242 Å². The SMILES string of the molecule is COc1ccc(Cn2c(NCCC(=O)N/C(N)=N/C(=O)OC(C)(C)C)cc(=O)n(Cc3ccc(OC)cc3)c2=O)cc1. The molecule has 0 aliphatic rings. The summed E-state index contributed by atoms with van der Waals surface area (Å²) in [5.74, 6) is 0.602. The lowest BCUT2D eigenvalue weighted by Crippen LogP contribution is -2.41. The Hall–Kier alpha value is -5.07. The molecule has 0 saturated carbocycles. The highest BCUT2D eigenvalue weighted by atomic mass is 16.6. The van der Waals surface area contributed by atoms with Crippen LogP contribution >= 0.6 is 0 Å². The van der Waals surface area contributed by atoms with Crippen LogP contribution in [-0.4, -0.2) is 53.5 Å². The van der Waals surface area contributed by atoms with Gasteiger partial charge in [0.1, 0.15) is 22.9 Å². The zero-order valence-corrected chi connectivity index (χ0v) is 24.3. The van der Waals surface area contributed by atoms with E-state index in [0.29, 0.717) is 11.5 Å². The van der Waals surface area contributed by atoms with Crippen LogP contribution in [0, 0.1) is 0 Å². The van der Waals surface area contributed by atoms with Gasteiger partial charge in [-0.25, -0.2) is 9.59 Å². The highest BCUT2D eigenvalue weighted by molar-refractivity contribution is 6.00. The maximum Gasteiger partial charge on any atom is 0.437 e. The Morgan fingerprint density at radius 1 is 0.881 bits per heavy atom. The van der Waals surface area contributed by atoms with Crippen molar-refractivity contribution in [3.05, 3.63) is 86.6 Å². The third-order valence-corrected chi connectivity index (χ3v) is 5.81. The van der Waals surface area contributed by atoms with Crippen molar-refractivity contribution in [1.29, 1.82) is 0 Å². The number of benzene rings is 2. The van der Waals surface area contributed by atoms with Crippen LogP contribution in [0.25, 0.3) is 0 Å². The Morgan fingerprint density at radius 2 is 1.40 bits per heavy atom. The number of nitrogens with zero attached hydrogens (tertiary/aromatic N) is 3. The molecule has 0 fully saturated rings. The lowest BCUT2D eigenvalue weighted by molar-refractivity contribution is -0.119. The summed E-state index contributed by atoms with van der Waals surface area (Å²) in [6.45, 7) is 5.28. The number of carbonyl (C=O) groups is 2. The number of rotatable bonds is 10. The molecule has 42 heavy (non-hydrogen) atoms. The molecule has 0 aliphatic heterocycles. The molecule has 2 aromatic carbocycles. The Balaban J connectivity index is 1.80. The van der Waals surface area contributed by atoms with Crippen molar-refractivity contribution in [3.8, 4) is 11.5 Å². The minimum Gasteiger partial charge on any atom is -0.497 e. The van der Waals surface area contributed by atoms with Crippen molar-refractivity contribution < 1.29 is 23.8 Å². The van der Waals surface area contributed by atoms with Gasteiger partial charge in [0, 0.05) is 19.0 Å². The zero-order valence-electron chi connectivity index (χ0n) is 24.3. The van der Waals surface area contributed by atoms with E-state index >= 15 is 0 Å². The van der Waals surface area contributed by atoms with Crippen LogP contribution < -0.4 is 37.1 Å². The number of amides is 2. The predicted molar refractivity (Wildman–Crippen MR) is 158 cm³/mol. The van der Waals surface area contributed by atoms with Gasteiger partial charge in [0.05, 0.1) is 27.3 Å². The molecule has 0 radical (unpaired) electrons. The van der Waals surface area contributed by atoms with E-state index in [2.05, 4.69) is 15.6 Å². The second-order valence-electron chi connectivity index (χ2n) is 10.2. The van der Waals surface area contributed by atoms with E-state index < -0.39 is 34.8 Å². The summed E-state index contributed by atoms with van der Waals surface area (Å²) in [7, 11) is 3.11. The number of nitrogens with one attached hydrogen (secondary N) is 2. The van der Waals surface area contributed by atoms with Gasteiger partial charge in [-0.15, -0.1) is 4.99 Å². The van der Waals surface area contributed by atoms with Gasteiger partial charge >= 0.3 is 11.8 Å². The molecular weight excluding hydrogens is 544 g/mol. The predicted octanol–water partition coefficient (Wildman–Crippen LogP) is 2.29. The highest BCUT2D eigenvalue weighted by Crippen LogP contribution is 2.15. The van der Waals surface area contributed by atoms with Gasteiger partial charge in [-0.05, 0) is 56.2 Å². The fourth-order valence-corrected chi connectivity index (χ4v) is 3.81. The molecule has 13 nitrogen and oxygen atoms in total. The number of aliphatic imine (C=N–C) groups is 1. The number of methoxy groups -OCH3 is 2. The molecule has 0 spiro atoms. The molecule has 0 bridgehead atoms. The third-order valence-electron chi connectivity index (χ3n) is 5.81. The average Bonchev–Trinajstić information content (AvgIpc) is 2.92. The molecule has 0 aliphatic carbocycles. The summed E-state index contributed by atoms with van der Waals surface area (Å²) < 4.78 is 18.0. The number of ether oxygens (including phenoxy) is 3. The van der Waals surface area contributed by atoms with Crippen molar-refractivity contribution in [2.45, 2.75) is 45.9 Å². The quantitative estimate of drug-likeness (QED) is 0.241. The molecule has 3 aromatic rings. The molecular formula is C29H36N6O7. The summed E-state index contributed by atoms with van der Waals surface area (Å²) in [5, 5.41) is 5.30. The normalized spacial score (nSPS) is 11.5. The summed E-state index contributed by atoms with van der Waals surface area (Å²) in [6.07, 6.45) is -1.04. The largest absolute Gasteiger partial charge is 0.497 e. The van der Waals surface area contributed by atoms with E-state index in [0.717, 1.165) is 15.7 Å². The van der Waals surface area contributed by atoms with Crippen LogP contribution in [0.3, 0.4) is 0 Å². The van der Waals surface area contributed by atoms with Crippen molar-refractivity contribution in [2.24, 2.45) is 10.7 Å². The van der Waals surface area contributed by atoms with Gasteiger partial charge in [-0.3, -0.25) is 24.0 Å². The second-order valence-corrected chi connectivity index (χ2v) is 10.2. The Bertz CT molecular complexity index is 1540. The minimum absolute atomic E-state index is 0.0511. The molecule has 13 heteroatoms. The van der Waals surface area contributed by atoms with Gasteiger partial charge in [-0.2, -0.15) is 0 Å². The summed E-state index contributed by atoms with van der Waals surface area (Å²) >= 11 is 0. The van der Waals surface area contributed by atoms with Crippen LogP contribution in [0.1, 0.15) is 38.3 Å². The first-order valence-electron chi connectivity index (χ1n) is 13.1. The van der Waals surface area contributed by atoms with Gasteiger partial charge < -0.3 is 25.3 Å². The molecule has 224 valence electrons. The number of anilines is 1. The average molecular weight is 581 g/mol. The van der Waals surface area contributed by atoms with Gasteiger partial charge in [0.25, 0.3) is 5.56 Å². The van der Waals surface area contributed by atoms with Crippen LogP contribution in [0.2, 0.25) is 0 Å². The summed E-state index contributed by atoms with van der Waals surface area (Å²) in [5.41, 5.74) is 5.36. The lowest BCUT2D eigenvalue weighted by atomic mass is 10.2. The van der Waals surface area contributed by atoms with E-state index in [9.17, 15) is 19.2 Å². The Morgan fingerprint density at radius 3 is 1.90 bits per heavy atom. The Kier molecular flexibility index (Phi) is 10.5. The number of nitrogens with two attached hydrogens (primary N) is 1. The standard InChI is InChI=1S/C29H36N6O7/c1-29(2,3)42-27(38)33-26(30)32-24(36)14-15-31-23-16-25(37)35(18-20-8-12-22(41-5)13-9-20)28(39)34(23)17-19-6-10-21(40-4)11-7-19/h6-13,16,31H,14-15,17-18H2,1-5H3,(H3,30,32,33,36,38). The minimum atomic E-state index is -0.934. The maximum atomic E-state index is 13.6. The zero-order chi connectivity index (χ0) is 30.9. The van der Waals surface area contributed by atoms with E-state index in [1.165, 1.54) is 10.6 Å². The van der Waals surface area contributed by atoms with Gasteiger partial charge in [-0.1, -0.05) is 24.3 Å². The van der Waals surface area contributed by atoms with E-state index in [-0.39, 0.29) is 31.9 Å². The van der Waals surface area contributed by atoms with Crippen LogP contribution in [0.5, 0.6) is 11.5 Å². The van der Waals surface area contributed by atoms with Crippen LogP contribution in [0.15, 0.2) is 69.2 Å². The summed E-state index contributed by atoms with van der Waals surface area (Å²) in [6, 6.07) is 15.5. The molecule has 1 aromatic heterocycles. The van der Waals surface area contributed by atoms with Gasteiger partial charge in [0.15, 0.2) is 0 Å². The van der Waals surface area contributed by atoms with Crippen molar-refractivity contribution in [3.63, 3.8) is 0 Å². The number of guanidine groups is 1. The lowest BCUT2D eigenvalue weighted by Gasteiger charge is -2.17. The fourth-order valence-electron chi connectivity index (χ4n) is 3.81. The molecule has 0 unspecified atom stereocenters. The third kappa shape index (κ3) is 9.25. The maximum absolute atomic E-state index is 13.6. The highest BCUT2D eigenvalue weighted by Gasteiger charge is 2.17. The van der Waals surface area contributed by atoms with Crippen molar-refractivity contribution in [1.82, 2.24) is 14.5 Å². The second kappa shape index (κ2) is 14.0. The molecule has 3 rings (SSSR count). The fraction of sp³-hybridized carbons (Fsp3) is 0.345. The van der Waals surface area contributed by atoms with E-state index in [1.54, 1.807) is 71.4 Å². The molecule has 2 amide bonds. The topological polar surface area (TPSA) is 168 Å². The molecule has 0 atom stereocenters. The van der Waals surface area contributed by atoms with Crippen LogP contribution in [0.4, 0.5) is 10.6 Å². The molecule has 1 heterocycles. The van der Waals surface area contributed by atoms with E-state index in [4.69, 9.17) is 19.9 Å². The van der Waals surface area contributed by atoms with Crippen LogP contribution in [-0.2, 0) is 22.6 Å². The first kappa shape index (κ1) is 31.5. The smallest absolute Gasteiger partial charge is 0.437 e. The molecule has 0 saturated heterocycles. The van der Waals surface area contributed by atoms with Crippen molar-refractivity contribution in [2.75, 3.05) is 26.1 Å². The number of hydrogen-bond donors (Lipinski definition) is 3. The monoisotopic (exact) mass is 580 g/mol. The van der Waals surface area contributed by atoms with Gasteiger partial charge in [0.2, 0.25) is 11.9 Å². The first-order chi connectivity index (χ1) is 19.9. The summed E-state index contributed by atoms with van der Waals surface area (Å²) in [4.78, 5) is 54.3. The number of hydrogen-bond acceptors (Lipinski definition) is 8. The number of carbonyl (C=O) groups excluding carboxylic acids is 2. The first-order valence-corrected chi connectivity index (χ1v) is 13.1.